The van der Waals surface area contributed by atoms with Crippen LogP contribution in [-0.4, -0.2) is 305 Å². The summed E-state index contributed by atoms with van der Waals surface area (Å²) in [7, 11) is 3.77. The molecule has 0 saturated carbocycles. The SMILES string of the molecule is CCCC[C@H]1C(=O)N2CCC[C@@H]2C(=O)N[C@@H](CC(=O)O)C(=O)N[C@@H](C(C)C)C(=O)N(C)[C@H](Cc2ccccc2)C(=O)CN[C@@H](CCC(=O)O)C(=O)N2C[C@H](O)CC2C(=O)N[C@@H](Cc2c[nH]c3ccccc23)C(=O)N[C@@H](Cc2ccc(O)cc2)C(=O)N[C@@H](CCC(=O)O)C(=O)N[C@H](C(=O)NCC(N)=O)CSCC(=O)N[C@@H](Cc2ccc(F)c(F)c2)C(=O)N(C)C(Cc2ccccc2)C(=O)N1C. The third-order valence-corrected chi connectivity index (χ3v) is 24.9. The van der Waals surface area contributed by atoms with Crippen LogP contribution in [0.5, 0.6) is 5.75 Å². The molecule has 0 radical (unpaired) electrons. The fourth-order valence-electron chi connectivity index (χ4n) is 16.4. The lowest BCUT2D eigenvalue weighted by atomic mass is 9.97. The number of aliphatic carboxylic acids is 3. The molecular weight excluding hydrogens is 1780 g/mol. The number of halogens is 2. The molecule has 1 aromatic heterocycles. The number of ketones is 1. The number of aromatic amines is 1. The van der Waals surface area contributed by atoms with Crippen LogP contribution in [0.25, 0.3) is 10.9 Å². The Morgan fingerprint density at radius 1 is 0.533 bits per heavy atom. The molecule has 3 aliphatic heterocycles. The maximum Gasteiger partial charge on any atom is 0.305 e. The standard InChI is InChI=1S/C93H116F2N16O23S/c1-7-8-24-71-92(133)110-36-17-25-70(110)87(128)104-67(44-80(121)122)86(127)106-81(51(2)3)93(134)108(5)72(40-52-18-11-9-12-19-52)75(114)46-98-64(33-35-79(119)120)90(131)111-48-58(113)43-73(111)88(129)103-66(42-56-45-97-62-23-16-15-22-59(56)62)85(126)102-65(38-54-26-29-57(112)30-27-54)84(125)101-63(32-34-78(117)118)83(124)105-69(82(123)99-47-76(96)115)49-135-50-77(116)100-68(39-55-28-31-60(94)61(95)37-55)89(130)109(6)74(91(132)107(71)4)41-53-20-13-10-14-21-53/h9-16,18-23,26-31,37,45,51,58,63-74,81,97-98,112-113H,7-8,17,24-25,32-36,38-44,46-50H2,1-6H3,(H2,96,115)(H,99,123)(H,100,116)(H,101,125)(H,102,126)(H,103,129)(H,104,128)(H,105,124)(H,106,127)(H,117,118)(H,119,120)(H,121,122)/t58-,63+,64+,65+,66+,67+,68+,69+,70-,71+,72-,73?,74?,81+/m1/s1. The van der Waals surface area contributed by atoms with Gasteiger partial charge in [-0.2, -0.15) is 0 Å². The molecule has 42 heteroatoms. The number of Topliss-reactive ketones (excluding diaryl/α,β-unsaturated/α-hetero) is 1. The molecule has 2 unspecified atom stereocenters. The first kappa shape index (κ1) is 105. The number of aromatic hydroxyl groups is 1. The fraction of sp³-hybridized carbons (Fsp3) is 0.462. The predicted molar refractivity (Wildman–Crippen MR) is 485 cm³/mol. The van der Waals surface area contributed by atoms with Crippen LogP contribution in [0.4, 0.5) is 8.78 Å². The monoisotopic (exact) mass is 1890 g/mol. The number of amides is 14. The van der Waals surface area contributed by atoms with Crippen molar-refractivity contribution in [2.45, 2.75) is 208 Å². The van der Waals surface area contributed by atoms with E-state index in [1.807, 2.05) is 0 Å². The average molecular weight is 1900 g/mol. The molecule has 3 fully saturated rings. The molecule has 0 bridgehead atoms. The summed E-state index contributed by atoms with van der Waals surface area (Å²) >= 11 is 0.625. The highest BCUT2D eigenvalue weighted by atomic mass is 32.2. The van der Waals surface area contributed by atoms with E-state index in [0.29, 0.717) is 52.2 Å². The Labute approximate surface area is 780 Å². The van der Waals surface area contributed by atoms with E-state index in [-0.39, 0.29) is 55.5 Å². The Morgan fingerprint density at radius 2 is 1.08 bits per heavy atom. The van der Waals surface area contributed by atoms with Crippen molar-refractivity contribution < 1.29 is 121 Å². The van der Waals surface area contributed by atoms with Crippen LogP contribution in [0.15, 0.2) is 134 Å². The van der Waals surface area contributed by atoms with Gasteiger partial charge in [0.2, 0.25) is 82.7 Å². The number of likely N-dealkylation sites (N-methyl/N-ethyl adjacent to an activating group) is 3. The van der Waals surface area contributed by atoms with Gasteiger partial charge in [-0.25, -0.2) is 8.78 Å². The first-order chi connectivity index (χ1) is 64.2. The van der Waals surface area contributed by atoms with Gasteiger partial charge < -0.3 is 103 Å². The number of nitrogens with zero attached hydrogens (tertiary/aromatic N) is 5. The van der Waals surface area contributed by atoms with Crippen molar-refractivity contribution in [2.24, 2.45) is 11.7 Å². The van der Waals surface area contributed by atoms with Gasteiger partial charge in [-0.05, 0) is 103 Å². The summed E-state index contributed by atoms with van der Waals surface area (Å²) in [5, 5.41) is 75.8. The summed E-state index contributed by atoms with van der Waals surface area (Å²) in [4.78, 5) is 270. The van der Waals surface area contributed by atoms with Crippen LogP contribution in [0.3, 0.4) is 0 Å². The van der Waals surface area contributed by atoms with Crippen molar-refractivity contribution in [1.29, 1.82) is 0 Å². The smallest absolute Gasteiger partial charge is 0.305 e. The summed E-state index contributed by atoms with van der Waals surface area (Å²) in [5.74, 6) is -25.0. The molecule has 726 valence electrons. The van der Waals surface area contributed by atoms with Crippen molar-refractivity contribution >= 4 is 129 Å². The van der Waals surface area contributed by atoms with Crippen molar-refractivity contribution in [2.75, 3.05) is 58.8 Å². The van der Waals surface area contributed by atoms with Gasteiger partial charge in [0.1, 0.15) is 72.2 Å². The van der Waals surface area contributed by atoms with E-state index in [1.165, 1.54) is 70.4 Å². The quantitative estimate of drug-likeness (QED) is 0.0369. The number of nitrogens with two attached hydrogens (primary N) is 1. The Morgan fingerprint density at radius 3 is 1.70 bits per heavy atom. The first-order valence-electron chi connectivity index (χ1n) is 44.3. The Hall–Kier alpha value is -13.8. The minimum Gasteiger partial charge on any atom is -0.508 e. The molecule has 39 nitrogen and oxygen atoms in total. The van der Waals surface area contributed by atoms with Crippen LogP contribution in [0.2, 0.25) is 0 Å². The van der Waals surface area contributed by atoms with Gasteiger partial charge >= 0.3 is 17.9 Å². The molecule has 0 aliphatic carbocycles. The summed E-state index contributed by atoms with van der Waals surface area (Å²) < 4.78 is 29.8. The van der Waals surface area contributed by atoms with Crippen molar-refractivity contribution in [3.8, 4) is 5.75 Å². The second kappa shape index (κ2) is 49.8. The zero-order chi connectivity index (χ0) is 98.6. The second-order valence-corrected chi connectivity index (χ2v) is 35.1. The van der Waals surface area contributed by atoms with Gasteiger partial charge in [-0.15, -0.1) is 11.8 Å². The predicted octanol–water partition coefficient (Wildman–Crippen LogP) is 0.418. The zero-order valence-corrected chi connectivity index (χ0v) is 76.3. The summed E-state index contributed by atoms with van der Waals surface area (Å²) in [5.41, 5.74) is 7.53. The summed E-state index contributed by atoms with van der Waals surface area (Å²) in [6.45, 7) is 2.55. The number of unbranched alkanes of at least 4 members (excludes halogenated alkanes) is 1. The number of H-pyrrole nitrogens is 1. The lowest BCUT2D eigenvalue weighted by Gasteiger charge is -2.38. The van der Waals surface area contributed by atoms with E-state index in [9.17, 15) is 73.1 Å². The molecule has 135 heavy (non-hydrogen) atoms. The molecule has 9 rings (SSSR count). The normalized spacial score (nSPS) is 24.0. The number of carboxylic acids is 3. The number of fused-ring (bicyclic) bond motifs is 3. The number of aliphatic hydroxyl groups excluding tert-OH is 1. The number of benzene rings is 5. The van der Waals surface area contributed by atoms with Crippen molar-refractivity contribution in [3.63, 3.8) is 0 Å². The van der Waals surface area contributed by atoms with Gasteiger partial charge in [0, 0.05) is 102 Å². The fourth-order valence-corrected chi connectivity index (χ4v) is 17.3. The largest absolute Gasteiger partial charge is 0.508 e. The number of phenols is 1. The number of para-hydroxylation sites is 1. The lowest BCUT2D eigenvalue weighted by Crippen LogP contribution is -2.61. The highest BCUT2D eigenvalue weighted by Crippen LogP contribution is 2.29. The molecule has 5 aromatic carbocycles. The van der Waals surface area contributed by atoms with Crippen LogP contribution >= 0.6 is 11.8 Å². The molecule has 3 saturated heterocycles. The topological polar surface area (TPSA) is 575 Å². The Kier molecular flexibility index (Phi) is 38.7. The Bertz CT molecular complexity index is 5290. The van der Waals surface area contributed by atoms with Gasteiger partial charge in [0.05, 0.1) is 43.5 Å². The Balaban J connectivity index is 1.13. The number of nitrogens with one attached hydrogen (secondary N) is 10. The van der Waals surface area contributed by atoms with Crippen molar-refractivity contribution in [1.82, 2.24) is 77.3 Å². The van der Waals surface area contributed by atoms with Gasteiger partial charge in [-0.1, -0.05) is 131 Å². The van der Waals surface area contributed by atoms with E-state index < -0.39 is 298 Å². The molecule has 4 heterocycles. The number of carboxylic acid groups (broad SMARTS) is 3. The highest BCUT2D eigenvalue weighted by Gasteiger charge is 2.47. The number of hydrogen-bond donors (Lipinski definition) is 16. The number of aromatic nitrogens is 1. The molecule has 14 amide bonds. The van der Waals surface area contributed by atoms with E-state index in [1.54, 1.807) is 91.9 Å². The number of phenolic OH excluding ortho intramolecular Hbond substituents is 1. The molecule has 3 aliphatic rings. The summed E-state index contributed by atoms with van der Waals surface area (Å²) in [6.07, 6.45) is -5.49. The van der Waals surface area contributed by atoms with Crippen molar-refractivity contribution in [3.05, 3.63) is 173 Å². The van der Waals surface area contributed by atoms with Gasteiger partial charge in [0.25, 0.3) is 0 Å². The average Bonchev–Trinajstić information content (AvgIpc) is 1.79. The van der Waals surface area contributed by atoms with Gasteiger partial charge in [-0.3, -0.25) is 91.6 Å². The number of thioether (sulfide) groups is 1. The van der Waals surface area contributed by atoms with Crippen LogP contribution in [-0.2, 0) is 118 Å². The number of carbonyl (C=O) groups excluding carboxylic acids is 15. The van der Waals surface area contributed by atoms with Crippen LogP contribution < -0.4 is 53.6 Å². The van der Waals surface area contributed by atoms with E-state index in [2.05, 4.69) is 52.8 Å². The maximum atomic E-state index is 15.7. The molecule has 17 N–H and O–H groups in total. The number of primary amides is 1. The maximum absolute atomic E-state index is 15.7. The number of hydrogen-bond acceptors (Lipinski definition) is 22. The van der Waals surface area contributed by atoms with E-state index >= 15 is 47.5 Å². The lowest BCUT2D eigenvalue weighted by molar-refractivity contribution is -0.152. The first-order valence-corrected chi connectivity index (χ1v) is 45.5. The third-order valence-electron chi connectivity index (χ3n) is 23.8. The highest BCUT2D eigenvalue weighted by molar-refractivity contribution is 8.00. The summed E-state index contributed by atoms with van der Waals surface area (Å²) in [6, 6.07) is 9.35. The third kappa shape index (κ3) is 29.9. The van der Waals surface area contributed by atoms with Crippen LogP contribution in [0, 0.1) is 17.6 Å². The van der Waals surface area contributed by atoms with E-state index in [4.69, 9.17) is 5.73 Å². The molecule has 6 aromatic rings. The molecule has 0 spiro atoms. The number of rotatable bonds is 25. The second-order valence-electron chi connectivity index (χ2n) is 34.1. The minimum absolute atomic E-state index is 0.0421. The minimum atomic E-state index is -1.95. The number of aliphatic hydroxyl groups is 1. The van der Waals surface area contributed by atoms with Crippen LogP contribution in [0.1, 0.15) is 119 Å². The molecule has 14 atom stereocenters. The number of carbonyl (C=O) groups is 18. The van der Waals surface area contributed by atoms with E-state index in [0.717, 1.165) is 37.8 Å². The molecular formula is C93H116F2N16O23S. The van der Waals surface area contributed by atoms with Gasteiger partial charge in [0.15, 0.2) is 17.4 Å². The zero-order valence-electron chi connectivity index (χ0n) is 75.5.